The van der Waals surface area contributed by atoms with E-state index in [-0.39, 0.29) is 12.5 Å². The summed E-state index contributed by atoms with van der Waals surface area (Å²) in [7, 11) is 0. The largest absolute Gasteiger partial charge is 0.491 e. The predicted octanol–water partition coefficient (Wildman–Crippen LogP) is 2.25. The van der Waals surface area contributed by atoms with E-state index in [1.165, 1.54) is 0 Å². The normalized spacial score (nSPS) is 15.4. The minimum Gasteiger partial charge on any atom is -0.491 e. The summed E-state index contributed by atoms with van der Waals surface area (Å²) in [6, 6.07) is 11.8. The van der Waals surface area contributed by atoms with E-state index in [0.29, 0.717) is 32.3 Å². The molecule has 10 nitrogen and oxygen atoms in total. The van der Waals surface area contributed by atoms with E-state index >= 15 is 0 Å². The second kappa shape index (κ2) is 9.06. The topological polar surface area (TPSA) is 108 Å². The van der Waals surface area contributed by atoms with Crippen molar-refractivity contribution in [3.8, 4) is 17.0 Å². The average molecular weight is 433 g/mol. The van der Waals surface area contributed by atoms with Gasteiger partial charge in [-0.2, -0.15) is 5.10 Å². The van der Waals surface area contributed by atoms with Crippen LogP contribution in [0.4, 0.5) is 11.6 Å². The van der Waals surface area contributed by atoms with Crippen LogP contribution in [0.1, 0.15) is 6.42 Å². The van der Waals surface area contributed by atoms with Crippen LogP contribution in [0, 0.1) is 0 Å². The van der Waals surface area contributed by atoms with E-state index in [2.05, 4.69) is 25.8 Å². The maximum absolute atomic E-state index is 11.9. The number of nitrogens with zero attached hydrogens (tertiary/aromatic N) is 5. The molecule has 0 spiro atoms. The number of hydrogen-bond acceptors (Lipinski definition) is 7. The van der Waals surface area contributed by atoms with Gasteiger partial charge in [0.05, 0.1) is 35.9 Å². The summed E-state index contributed by atoms with van der Waals surface area (Å²) in [6.07, 6.45) is 6.15. The molecule has 6 bridgehead atoms. The Hall–Kier alpha value is -3.92. The molecule has 0 atom stereocenters. The standard InChI is InChI=1S/C22H23N7O3/c30-21-15-31-10-11-32-19-5-2-16(3-6-19)20-7-4-18-13-24-22(27-29(18)20)26-17-12-25-28(14-17)9-1-8-23-21/h2-7,12-14H,1,8-11,15H2,(H,23,30)(H,26,27). The molecule has 0 fully saturated rings. The zero-order valence-corrected chi connectivity index (χ0v) is 17.4. The van der Waals surface area contributed by atoms with Crippen LogP contribution >= 0.6 is 0 Å². The summed E-state index contributed by atoms with van der Waals surface area (Å²) in [5.74, 6) is 1.07. The van der Waals surface area contributed by atoms with Crippen LogP contribution in [0.3, 0.4) is 0 Å². The number of hydrogen-bond donors (Lipinski definition) is 2. The molecular weight excluding hydrogens is 410 g/mol. The van der Waals surface area contributed by atoms with Gasteiger partial charge in [-0.15, -0.1) is 5.10 Å². The second-order valence-electron chi connectivity index (χ2n) is 7.38. The van der Waals surface area contributed by atoms with Crippen LogP contribution in [0.15, 0.2) is 55.0 Å². The molecule has 1 amide bonds. The molecule has 6 rings (SSSR count). The molecule has 2 N–H and O–H groups in total. The molecule has 10 heteroatoms. The number of anilines is 2. The number of amides is 1. The Morgan fingerprint density at radius 3 is 2.84 bits per heavy atom. The Bertz CT molecular complexity index is 1220. The van der Waals surface area contributed by atoms with Crippen molar-refractivity contribution in [1.29, 1.82) is 0 Å². The van der Waals surface area contributed by atoms with Gasteiger partial charge in [0.1, 0.15) is 19.0 Å². The lowest BCUT2D eigenvalue weighted by Gasteiger charge is -2.09. The van der Waals surface area contributed by atoms with Crippen molar-refractivity contribution in [3.63, 3.8) is 0 Å². The number of aryl methyl sites for hydroxylation is 1. The number of benzene rings is 1. The minimum atomic E-state index is -0.144. The Balaban J connectivity index is 1.42. The predicted molar refractivity (Wildman–Crippen MR) is 118 cm³/mol. The summed E-state index contributed by atoms with van der Waals surface area (Å²) >= 11 is 0. The third-order valence-electron chi connectivity index (χ3n) is 5.05. The highest BCUT2D eigenvalue weighted by Crippen LogP contribution is 2.25. The van der Waals surface area contributed by atoms with E-state index in [9.17, 15) is 4.79 Å². The summed E-state index contributed by atoms with van der Waals surface area (Å²) in [4.78, 5) is 16.3. The van der Waals surface area contributed by atoms with Gasteiger partial charge in [-0.05, 0) is 42.8 Å². The second-order valence-corrected chi connectivity index (χ2v) is 7.38. The van der Waals surface area contributed by atoms with Gasteiger partial charge in [-0.25, -0.2) is 9.50 Å². The van der Waals surface area contributed by atoms with Crippen LogP contribution in [0.5, 0.6) is 5.75 Å². The fourth-order valence-corrected chi connectivity index (χ4v) is 3.48. The number of rotatable bonds is 0. The van der Waals surface area contributed by atoms with Gasteiger partial charge < -0.3 is 20.1 Å². The molecule has 1 aromatic carbocycles. The fraction of sp³-hybridized carbons (Fsp3) is 0.273. The fourth-order valence-electron chi connectivity index (χ4n) is 3.48. The van der Waals surface area contributed by atoms with Crippen molar-refractivity contribution >= 4 is 23.1 Å². The molecule has 2 aliphatic rings. The highest BCUT2D eigenvalue weighted by atomic mass is 16.5. The Morgan fingerprint density at radius 1 is 1.03 bits per heavy atom. The lowest BCUT2D eigenvalue weighted by Crippen LogP contribution is -2.29. The first-order chi connectivity index (χ1) is 15.7. The molecule has 32 heavy (non-hydrogen) atoms. The highest BCUT2D eigenvalue weighted by molar-refractivity contribution is 5.77. The molecule has 2 aliphatic heterocycles. The zero-order valence-electron chi connectivity index (χ0n) is 17.4. The van der Waals surface area contributed by atoms with Crippen LogP contribution in [-0.2, 0) is 16.1 Å². The molecule has 0 aliphatic carbocycles. The molecular formula is C22H23N7O3. The lowest BCUT2D eigenvalue weighted by atomic mass is 10.1. The highest BCUT2D eigenvalue weighted by Gasteiger charge is 2.10. The van der Waals surface area contributed by atoms with E-state index in [1.54, 1.807) is 12.4 Å². The molecule has 0 saturated carbocycles. The molecule has 0 radical (unpaired) electrons. The Kier molecular flexibility index (Phi) is 5.67. The summed E-state index contributed by atoms with van der Waals surface area (Å²) < 4.78 is 14.8. The first kappa shape index (κ1) is 20.0. The van der Waals surface area contributed by atoms with Gasteiger partial charge >= 0.3 is 0 Å². The quantitative estimate of drug-likeness (QED) is 0.410. The summed E-state index contributed by atoms with van der Waals surface area (Å²) in [5.41, 5.74) is 3.64. The van der Waals surface area contributed by atoms with Gasteiger partial charge in [0, 0.05) is 24.8 Å². The molecule has 0 saturated heterocycles. The van der Waals surface area contributed by atoms with Crippen molar-refractivity contribution in [1.82, 2.24) is 29.7 Å². The van der Waals surface area contributed by atoms with Crippen LogP contribution < -0.4 is 15.4 Å². The van der Waals surface area contributed by atoms with Crippen molar-refractivity contribution in [2.45, 2.75) is 13.0 Å². The number of carbonyl (C=O) groups is 1. The molecule has 5 heterocycles. The molecule has 4 aromatic rings. The minimum absolute atomic E-state index is 0.0140. The van der Waals surface area contributed by atoms with Crippen molar-refractivity contribution in [2.75, 3.05) is 31.7 Å². The molecule has 0 unspecified atom stereocenters. The van der Waals surface area contributed by atoms with Gasteiger partial charge in [-0.1, -0.05) is 0 Å². The number of carbonyl (C=O) groups excluding carboxylic acids is 1. The smallest absolute Gasteiger partial charge is 0.246 e. The van der Waals surface area contributed by atoms with Crippen molar-refractivity contribution < 1.29 is 14.3 Å². The number of ether oxygens (including phenoxy) is 2. The van der Waals surface area contributed by atoms with Crippen molar-refractivity contribution in [2.24, 2.45) is 0 Å². The zero-order chi connectivity index (χ0) is 21.8. The number of nitrogens with one attached hydrogen (secondary N) is 2. The SMILES string of the molecule is O=C1COCCOc2ccc(cc2)-c2ccc3cnc(nn23)Nc2cnn(c2)CCCN1. The van der Waals surface area contributed by atoms with Crippen molar-refractivity contribution in [3.05, 3.63) is 55.0 Å². The Morgan fingerprint density at radius 2 is 1.94 bits per heavy atom. The lowest BCUT2D eigenvalue weighted by molar-refractivity contribution is -0.125. The van der Waals surface area contributed by atoms with Gasteiger partial charge in [0.15, 0.2) is 0 Å². The average Bonchev–Trinajstić information content (AvgIpc) is 3.43. The van der Waals surface area contributed by atoms with E-state index in [0.717, 1.165) is 34.6 Å². The van der Waals surface area contributed by atoms with Gasteiger partial charge in [0.25, 0.3) is 0 Å². The van der Waals surface area contributed by atoms with Crippen LogP contribution in [0.2, 0.25) is 0 Å². The van der Waals surface area contributed by atoms with Crippen LogP contribution in [-0.4, -0.2) is 56.7 Å². The van der Waals surface area contributed by atoms with Crippen LogP contribution in [0.25, 0.3) is 16.8 Å². The van der Waals surface area contributed by atoms with E-state index in [1.807, 2.05) is 51.8 Å². The maximum atomic E-state index is 11.9. The van der Waals surface area contributed by atoms with Gasteiger partial charge in [0.2, 0.25) is 11.9 Å². The molecule has 164 valence electrons. The third-order valence-corrected chi connectivity index (χ3v) is 5.05. The number of aromatic nitrogens is 5. The van der Waals surface area contributed by atoms with E-state index in [4.69, 9.17) is 9.47 Å². The monoisotopic (exact) mass is 433 g/mol. The first-order valence-electron chi connectivity index (χ1n) is 10.5. The van der Waals surface area contributed by atoms with E-state index < -0.39 is 0 Å². The van der Waals surface area contributed by atoms with Gasteiger partial charge in [-0.3, -0.25) is 9.48 Å². The first-order valence-corrected chi connectivity index (χ1v) is 10.5. The summed E-state index contributed by atoms with van der Waals surface area (Å²) in [5, 5.41) is 15.1. The third kappa shape index (κ3) is 4.54. The summed E-state index contributed by atoms with van der Waals surface area (Å²) in [6.45, 7) is 1.93. The maximum Gasteiger partial charge on any atom is 0.246 e. The molecule has 3 aromatic heterocycles. The number of fused-ring (bicyclic) bond motifs is 11. The Labute approximate surface area is 184 Å².